The van der Waals surface area contributed by atoms with E-state index in [0.717, 1.165) is 12.8 Å². The lowest BCUT2D eigenvalue weighted by Crippen LogP contribution is -2.31. The van der Waals surface area contributed by atoms with Crippen molar-refractivity contribution in [3.05, 3.63) is 32.8 Å². The third-order valence-corrected chi connectivity index (χ3v) is 2.79. The van der Waals surface area contributed by atoms with Gasteiger partial charge in [0.15, 0.2) is 0 Å². The van der Waals surface area contributed by atoms with Crippen LogP contribution in [0.25, 0.3) is 0 Å². The molecular formula is C10H11N3O2. The first kappa shape index (κ1) is 9.71. The second-order valence-corrected chi connectivity index (χ2v) is 4.07. The molecule has 0 amide bonds. The summed E-state index contributed by atoms with van der Waals surface area (Å²) in [7, 11) is 0. The SMILES string of the molecule is N#CCC1(Cn2[nH]c(=O)ccc2=O)CC1. The molecule has 1 N–H and O–H groups in total. The molecule has 0 spiro atoms. The Morgan fingerprint density at radius 1 is 1.47 bits per heavy atom. The minimum atomic E-state index is -0.289. The summed E-state index contributed by atoms with van der Waals surface area (Å²) >= 11 is 0. The van der Waals surface area contributed by atoms with E-state index in [1.807, 2.05) is 0 Å². The van der Waals surface area contributed by atoms with Crippen LogP contribution < -0.4 is 11.1 Å². The topological polar surface area (TPSA) is 78.7 Å². The number of rotatable bonds is 3. The average Bonchev–Trinajstić information content (AvgIpc) is 2.92. The fraction of sp³-hybridized carbons (Fsp3) is 0.500. The predicted octanol–water partition coefficient (Wildman–Crippen LogP) is 0.230. The molecule has 1 aromatic rings. The second kappa shape index (κ2) is 3.39. The number of nitrogens with zero attached hydrogens (tertiary/aromatic N) is 2. The molecule has 1 fully saturated rings. The summed E-state index contributed by atoms with van der Waals surface area (Å²) in [6.07, 6.45) is 2.34. The van der Waals surface area contributed by atoms with Crippen LogP contribution in [0.2, 0.25) is 0 Å². The fourth-order valence-corrected chi connectivity index (χ4v) is 1.65. The van der Waals surface area contributed by atoms with Gasteiger partial charge in [0.05, 0.1) is 6.07 Å². The maximum Gasteiger partial charge on any atom is 0.265 e. The van der Waals surface area contributed by atoms with Crippen LogP contribution in [-0.2, 0) is 6.54 Å². The highest BCUT2D eigenvalue weighted by Gasteiger charge is 2.43. The van der Waals surface area contributed by atoms with Crippen LogP contribution in [0.4, 0.5) is 0 Å². The molecule has 0 unspecified atom stereocenters. The Hall–Kier alpha value is -1.83. The van der Waals surface area contributed by atoms with Gasteiger partial charge >= 0.3 is 0 Å². The predicted molar refractivity (Wildman–Crippen MR) is 53.2 cm³/mol. The molecule has 1 aliphatic rings. The van der Waals surface area contributed by atoms with Crippen molar-refractivity contribution in [3.63, 3.8) is 0 Å². The van der Waals surface area contributed by atoms with Crippen molar-refractivity contribution in [1.82, 2.24) is 9.78 Å². The molecule has 0 aromatic carbocycles. The summed E-state index contributed by atoms with van der Waals surface area (Å²) in [6.45, 7) is 0.440. The zero-order valence-corrected chi connectivity index (χ0v) is 8.19. The van der Waals surface area contributed by atoms with Crippen LogP contribution in [0, 0.1) is 16.7 Å². The lowest BCUT2D eigenvalue weighted by atomic mass is 10.0. The first-order valence-electron chi connectivity index (χ1n) is 4.82. The van der Waals surface area contributed by atoms with Gasteiger partial charge in [-0.25, -0.2) is 4.68 Å². The smallest absolute Gasteiger partial charge is 0.265 e. The molecule has 1 saturated carbocycles. The van der Waals surface area contributed by atoms with Crippen molar-refractivity contribution < 1.29 is 0 Å². The maximum atomic E-state index is 11.4. The van der Waals surface area contributed by atoms with Gasteiger partial charge in [-0.15, -0.1) is 0 Å². The van der Waals surface area contributed by atoms with Gasteiger partial charge in [0.1, 0.15) is 0 Å². The largest absolute Gasteiger partial charge is 0.268 e. The van der Waals surface area contributed by atoms with E-state index in [0.29, 0.717) is 13.0 Å². The van der Waals surface area contributed by atoms with E-state index in [1.165, 1.54) is 16.8 Å². The Bertz CT molecular complexity index is 516. The summed E-state index contributed by atoms with van der Waals surface area (Å²) in [4.78, 5) is 22.4. The van der Waals surface area contributed by atoms with Gasteiger partial charge in [0.2, 0.25) is 0 Å². The van der Waals surface area contributed by atoms with E-state index in [2.05, 4.69) is 11.2 Å². The lowest BCUT2D eigenvalue weighted by molar-refractivity contribution is 0.389. The molecule has 0 bridgehead atoms. The highest BCUT2D eigenvalue weighted by atomic mass is 16.1. The Labute approximate surface area is 85.9 Å². The first-order chi connectivity index (χ1) is 7.15. The number of aromatic amines is 1. The second-order valence-electron chi connectivity index (χ2n) is 4.07. The molecule has 2 rings (SSSR count). The monoisotopic (exact) mass is 205 g/mol. The summed E-state index contributed by atoms with van der Waals surface area (Å²) in [5.74, 6) is 0. The maximum absolute atomic E-state index is 11.4. The van der Waals surface area contributed by atoms with Crippen LogP contribution >= 0.6 is 0 Å². The van der Waals surface area contributed by atoms with Gasteiger partial charge in [-0.3, -0.25) is 14.7 Å². The van der Waals surface area contributed by atoms with Crippen LogP contribution in [0.5, 0.6) is 0 Å². The average molecular weight is 205 g/mol. The van der Waals surface area contributed by atoms with E-state index in [-0.39, 0.29) is 16.5 Å². The number of nitriles is 1. The zero-order valence-electron chi connectivity index (χ0n) is 8.19. The number of nitrogens with one attached hydrogen (secondary N) is 1. The summed E-state index contributed by atoms with van der Waals surface area (Å²) in [6, 6.07) is 4.58. The third-order valence-electron chi connectivity index (χ3n) is 2.79. The molecule has 0 saturated heterocycles. The van der Waals surface area contributed by atoms with Crippen molar-refractivity contribution in [2.45, 2.75) is 25.8 Å². The number of hydrogen-bond acceptors (Lipinski definition) is 3. The number of aromatic nitrogens is 2. The fourth-order valence-electron chi connectivity index (χ4n) is 1.65. The van der Waals surface area contributed by atoms with Crippen LogP contribution in [0.3, 0.4) is 0 Å². The highest BCUT2D eigenvalue weighted by molar-refractivity contribution is 4.99. The van der Waals surface area contributed by atoms with Crippen LogP contribution in [-0.4, -0.2) is 9.78 Å². The molecule has 0 aliphatic heterocycles. The first-order valence-corrected chi connectivity index (χ1v) is 4.82. The summed E-state index contributed by atoms with van der Waals surface area (Å²) in [5.41, 5.74) is -0.593. The minimum absolute atomic E-state index is 0.0805. The van der Waals surface area contributed by atoms with Crippen LogP contribution in [0.15, 0.2) is 21.7 Å². The van der Waals surface area contributed by atoms with Gasteiger partial charge in [-0.2, -0.15) is 5.26 Å². The van der Waals surface area contributed by atoms with E-state index in [4.69, 9.17) is 5.26 Å². The third kappa shape index (κ3) is 1.99. The van der Waals surface area contributed by atoms with Crippen molar-refractivity contribution in [1.29, 1.82) is 5.26 Å². The standard InChI is InChI=1S/C10H11N3O2/c11-6-5-10(3-4-10)7-13-9(15)2-1-8(14)12-13/h1-2H,3-5,7H2,(H,12,14). The molecule has 5 nitrogen and oxygen atoms in total. The molecule has 5 heteroatoms. The van der Waals surface area contributed by atoms with E-state index < -0.39 is 0 Å². The Morgan fingerprint density at radius 2 is 2.20 bits per heavy atom. The molecule has 0 atom stereocenters. The van der Waals surface area contributed by atoms with Gasteiger partial charge in [0.25, 0.3) is 11.1 Å². The Morgan fingerprint density at radius 3 is 2.80 bits per heavy atom. The molecular weight excluding hydrogens is 194 g/mol. The molecule has 1 heterocycles. The Kier molecular flexibility index (Phi) is 2.19. The van der Waals surface area contributed by atoms with Crippen LogP contribution in [0.1, 0.15) is 19.3 Å². The van der Waals surface area contributed by atoms with Gasteiger partial charge in [0, 0.05) is 30.5 Å². The summed E-state index contributed by atoms with van der Waals surface area (Å²) < 4.78 is 1.30. The zero-order chi connectivity index (χ0) is 10.9. The van der Waals surface area contributed by atoms with Crippen molar-refractivity contribution in [2.24, 2.45) is 5.41 Å². The lowest BCUT2D eigenvalue weighted by Gasteiger charge is -2.11. The van der Waals surface area contributed by atoms with Crippen molar-refractivity contribution >= 4 is 0 Å². The molecule has 0 radical (unpaired) electrons. The van der Waals surface area contributed by atoms with E-state index in [9.17, 15) is 9.59 Å². The van der Waals surface area contributed by atoms with Gasteiger partial charge in [-0.1, -0.05) is 0 Å². The van der Waals surface area contributed by atoms with E-state index >= 15 is 0 Å². The molecule has 1 aromatic heterocycles. The number of H-pyrrole nitrogens is 1. The quantitative estimate of drug-likeness (QED) is 0.767. The van der Waals surface area contributed by atoms with Crippen molar-refractivity contribution in [3.8, 4) is 6.07 Å². The highest BCUT2D eigenvalue weighted by Crippen LogP contribution is 2.49. The summed E-state index contributed by atoms with van der Waals surface area (Å²) in [5, 5.41) is 11.1. The van der Waals surface area contributed by atoms with E-state index in [1.54, 1.807) is 0 Å². The number of hydrogen-bond donors (Lipinski definition) is 1. The Balaban J connectivity index is 2.25. The molecule has 15 heavy (non-hydrogen) atoms. The van der Waals surface area contributed by atoms with Gasteiger partial charge < -0.3 is 0 Å². The normalized spacial score (nSPS) is 17.0. The molecule has 1 aliphatic carbocycles. The molecule has 78 valence electrons. The minimum Gasteiger partial charge on any atom is -0.268 e. The van der Waals surface area contributed by atoms with Crippen molar-refractivity contribution in [2.75, 3.05) is 0 Å². The van der Waals surface area contributed by atoms with Gasteiger partial charge in [-0.05, 0) is 12.8 Å².